The third-order valence-corrected chi connectivity index (χ3v) is 2.70. The maximum Gasteiger partial charge on any atom is 0.247 e. The molecule has 0 fully saturated rings. The number of carbonyl (C=O) groups excluding carboxylic acids is 2. The summed E-state index contributed by atoms with van der Waals surface area (Å²) in [6, 6.07) is 9.68. The molecule has 0 saturated carbocycles. The summed E-state index contributed by atoms with van der Waals surface area (Å²) in [4.78, 5) is 25.2. The lowest BCUT2D eigenvalue weighted by Gasteiger charge is -2.19. The van der Waals surface area contributed by atoms with Crippen molar-refractivity contribution in [3.05, 3.63) is 42.0 Å². The van der Waals surface area contributed by atoms with Gasteiger partial charge in [0.05, 0.1) is 6.54 Å². The van der Waals surface area contributed by atoms with Gasteiger partial charge in [0.1, 0.15) is 0 Å². The number of likely N-dealkylation sites (N-methyl/N-ethyl adjacent to an activating group) is 1. The molecule has 1 aromatic carbocycles. The molecule has 0 radical (unpaired) electrons. The number of hydrogen-bond acceptors (Lipinski definition) is 2. The van der Waals surface area contributed by atoms with Gasteiger partial charge in [0.2, 0.25) is 11.8 Å². The van der Waals surface area contributed by atoms with Crippen LogP contribution < -0.4 is 5.32 Å². The zero-order chi connectivity index (χ0) is 15.0. The second-order valence-corrected chi connectivity index (χ2v) is 4.82. The fraction of sp³-hybridized carbons (Fsp3) is 0.375. The SMILES string of the molecule is CCN(CC(=O)NC(C)C)C(=O)C=Cc1ccccc1. The van der Waals surface area contributed by atoms with E-state index in [4.69, 9.17) is 0 Å². The van der Waals surface area contributed by atoms with Crippen LogP contribution in [-0.2, 0) is 9.59 Å². The molecule has 1 aromatic rings. The lowest BCUT2D eigenvalue weighted by atomic mass is 10.2. The molecule has 1 N–H and O–H groups in total. The normalized spacial score (nSPS) is 10.8. The van der Waals surface area contributed by atoms with Gasteiger partial charge in [-0.25, -0.2) is 0 Å². The Morgan fingerprint density at radius 1 is 1.25 bits per heavy atom. The van der Waals surface area contributed by atoms with Crippen molar-refractivity contribution in [3.63, 3.8) is 0 Å². The average Bonchev–Trinajstić information content (AvgIpc) is 2.42. The molecule has 0 aliphatic carbocycles. The van der Waals surface area contributed by atoms with Crippen LogP contribution in [0.4, 0.5) is 0 Å². The predicted octanol–water partition coefficient (Wildman–Crippen LogP) is 2.07. The topological polar surface area (TPSA) is 49.4 Å². The van der Waals surface area contributed by atoms with Crippen molar-refractivity contribution in [1.82, 2.24) is 10.2 Å². The van der Waals surface area contributed by atoms with Crippen LogP contribution in [0.3, 0.4) is 0 Å². The van der Waals surface area contributed by atoms with Crippen LogP contribution in [0.2, 0.25) is 0 Å². The van der Waals surface area contributed by atoms with Crippen LogP contribution in [0.1, 0.15) is 26.3 Å². The van der Waals surface area contributed by atoms with E-state index in [0.29, 0.717) is 6.54 Å². The van der Waals surface area contributed by atoms with E-state index in [1.807, 2.05) is 51.1 Å². The smallest absolute Gasteiger partial charge is 0.247 e. The highest BCUT2D eigenvalue weighted by Crippen LogP contribution is 2.02. The molecule has 0 aliphatic rings. The number of carbonyl (C=O) groups is 2. The zero-order valence-electron chi connectivity index (χ0n) is 12.3. The van der Waals surface area contributed by atoms with Crippen LogP contribution >= 0.6 is 0 Å². The first-order valence-corrected chi connectivity index (χ1v) is 6.84. The van der Waals surface area contributed by atoms with Crippen LogP contribution in [0.5, 0.6) is 0 Å². The van der Waals surface area contributed by atoms with Crippen molar-refractivity contribution >= 4 is 17.9 Å². The van der Waals surface area contributed by atoms with Gasteiger partial charge in [-0.15, -0.1) is 0 Å². The Kier molecular flexibility index (Phi) is 6.50. The second-order valence-electron chi connectivity index (χ2n) is 4.82. The van der Waals surface area contributed by atoms with Crippen LogP contribution in [0.15, 0.2) is 36.4 Å². The van der Waals surface area contributed by atoms with Crippen molar-refractivity contribution < 1.29 is 9.59 Å². The Morgan fingerprint density at radius 3 is 2.45 bits per heavy atom. The highest BCUT2D eigenvalue weighted by Gasteiger charge is 2.13. The van der Waals surface area contributed by atoms with E-state index < -0.39 is 0 Å². The Bertz CT molecular complexity index is 467. The van der Waals surface area contributed by atoms with Gasteiger partial charge < -0.3 is 10.2 Å². The first kappa shape index (κ1) is 16.0. The molecule has 0 spiro atoms. The molecule has 0 saturated heterocycles. The molecule has 0 heterocycles. The van der Waals surface area contributed by atoms with E-state index in [2.05, 4.69) is 5.32 Å². The minimum Gasteiger partial charge on any atom is -0.352 e. The molecule has 0 aromatic heterocycles. The van der Waals surface area contributed by atoms with E-state index in [1.54, 1.807) is 6.08 Å². The minimum absolute atomic E-state index is 0.0798. The molecule has 1 rings (SSSR count). The van der Waals surface area contributed by atoms with E-state index >= 15 is 0 Å². The van der Waals surface area contributed by atoms with E-state index in [0.717, 1.165) is 5.56 Å². The fourth-order valence-corrected chi connectivity index (χ4v) is 1.72. The van der Waals surface area contributed by atoms with Gasteiger partial charge in [0.15, 0.2) is 0 Å². The monoisotopic (exact) mass is 274 g/mol. The maximum atomic E-state index is 12.0. The lowest BCUT2D eigenvalue weighted by molar-refractivity contribution is -0.132. The summed E-state index contributed by atoms with van der Waals surface area (Å²) in [5.74, 6) is -0.293. The van der Waals surface area contributed by atoms with E-state index in [1.165, 1.54) is 11.0 Å². The highest BCUT2D eigenvalue weighted by molar-refractivity contribution is 5.94. The number of hydrogen-bond donors (Lipinski definition) is 1. The first-order chi connectivity index (χ1) is 9.52. The molecule has 4 heteroatoms. The van der Waals surface area contributed by atoms with Gasteiger partial charge in [0, 0.05) is 18.7 Å². The molecule has 4 nitrogen and oxygen atoms in total. The van der Waals surface area contributed by atoms with Crippen molar-refractivity contribution in [2.45, 2.75) is 26.8 Å². The quantitative estimate of drug-likeness (QED) is 0.807. The Labute approximate surface area is 120 Å². The molecule has 0 unspecified atom stereocenters. The summed E-state index contributed by atoms with van der Waals surface area (Å²) < 4.78 is 0. The third kappa shape index (κ3) is 5.69. The van der Waals surface area contributed by atoms with Crippen molar-refractivity contribution in [2.24, 2.45) is 0 Å². The Hall–Kier alpha value is -2.10. The van der Waals surface area contributed by atoms with E-state index in [-0.39, 0.29) is 24.4 Å². The standard InChI is InChI=1S/C16H22N2O2/c1-4-18(12-15(19)17-13(2)3)16(20)11-10-14-8-6-5-7-9-14/h5-11,13H,4,12H2,1-3H3,(H,17,19). The Balaban J connectivity index is 2.59. The summed E-state index contributed by atoms with van der Waals surface area (Å²) in [6.07, 6.45) is 3.26. The summed E-state index contributed by atoms with van der Waals surface area (Å²) in [6.45, 7) is 6.24. The minimum atomic E-state index is -0.157. The first-order valence-electron chi connectivity index (χ1n) is 6.84. The van der Waals surface area contributed by atoms with Gasteiger partial charge in [-0.05, 0) is 32.4 Å². The maximum absolute atomic E-state index is 12.0. The average molecular weight is 274 g/mol. The molecule has 108 valence electrons. The summed E-state index contributed by atoms with van der Waals surface area (Å²) in [5.41, 5.74) is 0.962. The van der Waals surface area contributed by atoms with Crippen molar-refractivity contribution in [3.8, 4) is 0 Å². The van der Waals surface area contributed by atoms with Crippen molar-refractivity contribution in [1.29, 1.82) is 0 Å². The van der Waals surface area contributed by atoms with Crippen LogP contribution in [-0.4, -0.2) is 35.8 Å². The number of benzene rings is 1. The fourth-order valence-electron chi connectivity index (χ4n) is 1.72. The van der Waals surface area contributed by atoms with E-state index in [9.17, 15) is 9.59 Å². The molecule has 0 bridgehead atoms. The molecular weight excluding hydrogens is 252 g/mol. The van der Waals surface area contributed by atoms with Gasteiger partial charge in [-0.2, -0.15) is 0 Å². The molecular formula is C16H22N2O2. The number of nitrogens with zero attached hydrogens (tertiary/aromatic N) is 1. The van der Waals surface area contributed by atoms with Crippen molar-refractivity contribution in [2.75, 3.05) is 13.1 Å². The third-order valence-electron chi connectivity index (χ3n) is 2.70. The van der Waals surface area contributed by atoms with Gasteiger partial charge in [-0.1, -0.05) is 30.3 Å². The largest absolute Gasteiger partial charge is 0.352 e. The summed E-state index contributed by atoms with van der Waals surface area (Å²) in [5, 5.41) is 2.78. The number of amides is 2. The summed E-state index contributed by atoms with van der Waals surface area (Å²) >= 11 is 0. The van der Waals surface area contributed by atoms with Gasteiger partial charge in [0.25, 0.3) is 0 Å². The number of rotatable bonds is 6. The molecule has 2 amide bonds. The zero-order valence-corrected chi connectivity index (χ0v) is 12.3. The highest BCUT2D eigenvalue weighted by atomic mass is 16.2. The molecule has 0 atom stereocenters. The number of nitrogens with one attached hydrogen (secondary N) is 1. The van der Waals surface area contributed by atoms with Gasteiger partial charge in [-0.3, -0.25) is 9.59 Å². The van der Waals surface area contributed by atoms with Gasteiger partial charge >= 0.3 is 0 Å². The summed E-state index contributed by atoms with van der Waals surface area (Å²) in [7, 11) is 0. The molecule has 0 aliphatic heterocycles. The van der Waals surface area contributed by atoms with Crippen LogP contribution in [0.25, 0.3) is 6.08 Å². The second kappa shape index (κ2) is 8.15. The Morgan fingerprint density at radius 2 is 1.90 bits per heavy atom. The predicted molar refractivity (Wildman–Crippen MR) is 81.0 cm³/mol. The lowest BCUT2D eigenvalue weighted by Crippen LogP contribution is -2.42. The molecule has 20 heavy (non-hydrogen) atoms. The van der Waals surface area contributed by atoms with Crippen LogP contribution in [0, 0.1) is 0 Å².